The van der Waals surface area contributed by atoms with Crippen molar-refractivity contribution in [3.05, 3.63) is 53.4 Å². The number of ether oxygens (including phenoxy) is 1. The molecule has 130 valence electrons. The van der Waals surface area contributed by atoms with Crippen molar-refractivity contribution in [1.29, 1.82) is 5.26 Å². The van der Waals surface area contributed by atoms with Gasteiger partial charge in [0.15, 0.2) is 0 Å². The Morgan fingerprint density at radius 1 is 1.31 bits per heavy atom. The van der Waals surface area contributed by atoms with Crippen LogP contribution in [0.3, 0.4) is 0 Å². The normalized spacial score (nSPS) is 15.1. The quantitative estimate of drug-likeness (QED) is 0.511. The van der Waals surface area contributed by atoms with E-state index in [2.05, 4.69) is 16.1 Å². The summed E-state index contributed by atoms with van der Waals surface area (Å²) in [5, 5.41) is 11.5. The Morgan fingerprint density at radius 2 is 2.08 bits per heavy atom. The fraction of sp³-hybridized carbons (Fsp3) is 0.111. The van der Waals surface area contributed by atoms with Gasteiger partial charge in [0.2, 0.25) is 0 Å². The summed E-state index contributed by atoms with van der Waals surface area (Å²) >= 11 is 0. The number of hydrogen-bond donors (Lipinski definition) is 1. The van der Waals surface area contributed by atoms with Gasteiger partial charge in [-0.1, -0.05) is 12.1 Å². The Hall–Kier alpha value is -3.86. The summed E-state index contributed by atoms with van der Waals surface area (Å²) in [6.07, 6.45) is 1.36. The average molecular weight is 351 g/mol. The van der Waals surface area contributed by atoms with Crippen LogP contribution in [0.25, 0.3) is 17.4 Å². The highest BCUT2D eigenvalue weighted by molar-refractivity contribution is 6.15. The third-order valence-electron chi connectivity index (χ3n) is 3.70. The van der Waals surface area contributed by atoms with E-state index in [-0.39, 0.29) is 5.70 Å². The summed E-state index contributed by atoms with van der Waals surface area (Å²) < 4.78 is 10.1. The maximum Gasteiger partial charge on any atom is 0.329 e. The number of nitriles is 1. The standard InChI is InChI=1S/C18H13N3O5/c1-25-16(22)10-21-17(23)14(20-18(21)24)8-12-6-7-15(26-12)13-5-3-2-4-11(13)9-19/h2-8H,10H2,1H3,(H,20,24)/b14-8+. The van der Waals surface area contributed by atoms with Gasteiger partial charge >= 0.3 is 12.0 Å². The molecule has 1 aromatic carbocycles. The van der Waals surface area contributed by atoms with E-state index in [1.807, 2.05) is 0 Å². The van der Waals surface area contributed by atoms with Crippen molar-refractivity contribution >= 4 is 24.0 Å². The molecule has 0 spiro atoms. The molecule has 0 bridgehead atoms. The summed E-state index contributed by atoms with van der Waals surface area (Å²) in [7, 11) is 1.17. The molecule has 3 amide bonds. The lowest BCUT2D eigenvalue weighted by Gasteiger charge is -2.08. The summed E-state index contributed by atoms with van der Waals surface area (Å²) in [6.45, 7) is -0.475. The SMILES string of the molecule is COC(=O)CN1C(=O)N/C(=C/c2ccc(-c3ccccc3C#N)o2)C1=O. The van der Waals surface area contributed by atoms with Crippen LogP contribution < -0.4 is 5.32 Å². The Labute approximate surface area is 148 Å². The van der Waals surface area contributed by atoms with Crippen molar-refractivity contribution in [1.82, 2.24) is 10.2 Å². The zero-order valence-electron chi connectivity index (χ0n) is 13.7. The highest BCUT2D eigenvalue weighted by atomic mass is 16.5. The second-order valence-corrected chi connectivity index (χ2v) is 5.31. The van der Waals surface area contributed by atoms with Gasteiger partial charge < -0.3 is 14.5 Å². The molecule has 1 aliphatic rings. The van der Waals surface area contributed by atoms with Crippen molar-refractivity contribution in [2.45, 2.75) is 0 Å². The lowest BCUT2D eigenvalue weighted by atomic mass is 10.1. The van der Waals surface area contributed by atoms with E-state index >= 15 is 0 Å². The van der Waals surface area contributed by atoms with E-state index in [9.17, 15) is 14.4 Å². The number of nitrogens with zero attached hydrogens (tertiary/aromatic N) is 2. The minimum absolute atomic E-state index is 0.0200. The predicted molar refractivity (Wildman–Crippen MR) is 89.1 cm³/mol. The molecule has 1 aromatic heterocycles. The summed E-state index contributed by atoms with van der Waals surface area (Å²) in [6, 6.07) is 11.6. The number of hydrogen-bond acceptors (Lipinski definition) is 6. The van der Waals surface area contributed by atoms with Crippen molar-refractivity contribution in [3.63, 3.8) is 0 Å². The van der Waals surface area contributed by atoms with Crippen LogP contribution in [0, 0.1) is 11.3 Å². The van der Waals surface area contributed by atoms with Crippen LogP contribution in [0.2, 0.25) is 0 Å². The molecule has 1 N–H and O–H groups in total. The van der Waals surface area contributed by atoms with Gasteiger partial charge in [-0.2, -0.15) is 5.26 Å². The predicted octanol–water partition coefficient (Wildman–Crippen LogP) is 1.88. The molecule has 0 unspecified atom stereocenters. The second-order valence-electron chi connectivity index (χ2n) is 5.31. The van der Waals surface area contributed by atoms with Crippen LogP contribution in [0.4, 0.5) is 4.79 Å². The Balaban J connectivity index is 1.85. The number of furan rings is 1. The second kappa shape index (κ2) is 6.94. The van der Waals surface area contributed by atoms with Crippen molar-refractivity contribution in [2.75, 3.05) is 13.7 Å². The molecule has 3 rings (SSSR count). The Bertz CT molecular complexity index is 967. The monoisotopic (exact) mass is 351 g/mol. The number of urea groups is 1. The largest absolute Gasteiger partial charge is 0.468 e. The van der Waals surface area contributed by atoms with Crippen LogP contribution in [0.1, 0.15) is 11.3 Å². The molecule has 0 atom stereocenters. The van der Waals surface area contributed by atoms with Gasteiger partial charge in [0, 0.05) is 11.6 Å². The maximum absolute atomic E-state index is 12.2. The fourth-order valence-electron chi connectivity index (χ4n) is 2.42. The number of amides is 3. The first kappa shape index (κ1) is 17.0. The van der Waals surface area contributed by atoms with E-state index in [1.165, 1.54) is 13.2 Å². The van der Waals surface area contributed by atoms with Gasteiger partial charge in [0.25, 0.3) is 5.91 Å². The van der Waals surface area contributed by atoms with Gasteiger partial charge in [-0.25, -0.2) is 9.69 Å². The molecule has 8 heteroatoms. The molecule has 2 aromatic rings. The van der Waals surface area contributed by atoms with Gasteiger partial charge in [0.05, 0.1) is 18.7 Å². The molecule has 26 heavy (non-hydrogen) atoms. The molecule has 1 saturated heterocycles. The number of nitrogens with one attached hydrogen (secondary N) is 1. The van der Waals surface area contributed by atoms with E-state index in [4.69, 9.17) is 9.68 Å². The molecule has 1 aliphatic heterocycles. The fourth-order valence-corrected chi connectivity index (χ4v) is 2.42. The van der Waals surface area contributed by atoms with E-state index < -0.39 is 24.5 Å². The van der Waals surface area contributed by atoms with Gasteiger partial charge in [-0.3, -0.25) is 9.59 Å². The number of methoxy groups -OCH3 is 1. The zero-order chi connectivity index (χ0) is 18.7. The minimum atomic E-state index is -0.715. The lowest BCUT2D eigenvalue weighted by molar-refractivity contribution is -0.143. The van der Waals surface area contributed by atoms with Gasteiger partial charge in [-0.05, 0) is 24.3 Å². The Kier molecular flexibility index (Phi) is 4.53. The maximum atomic E-state index is 12.2. The summed E-state index contributed by atoms with van der Waals surface area (Å²) in [4.78, 5) is 36.1. The topological polar surface area (TPSA) is 113 Å². The van der Waals surface area contributed by atoms with Crippen LogP contribution in [0.15, 0.2) is 46.5 Å². The third kappa shape index (κ3) is 3.18. The first-order chi connectivity index (χ1) is 12.5. The lowest BCUT2D eigenvalue weighted by Crippen LogP contribution is -2.36. The van der Waals surface area contributed by atoms with Crippen molar-refractivity contribution in [2.24, 2.45) is 0 Å². The first-order valence-electron chi connectivity index (χ1n) is 7.54. The van der Waals surface area contributed by atoms with Crippen molar-refractivity contribution in [3.8, 4) is 17.4 Å². The smallest absolute Gasteiger partial charge is 0.329 e. The number of imide groups is 1. The summed E-state index contributed by atoms with van der Waals surface area (Å²) in [5.41, 5.74) is 1.05. The van der Waals surface area contributed by atoms with Crippen LogP contribution in [0.5, 0.6) is 0 Å². The molecule has 8 nitrogen and oxygen atoms in total. The number of carbonyl (C=O) groups is 3. The van der Waals surface area contributed by atoms with E-state index in [1.54, 1.807) is 36.4 Å². The van der Waals surface area contributed by atoms with Gasteiger partial charge in [0.1, 0.15) is 23.8 Å². The average Bonchev–Trinajstić information content (AvgIpc) is 3.22. The molecule has 0 saturated carbocycles. The first-order valence-corrected chi connectivity index (χ1v) is 7.54. The molecule has 1 fully saturated rings. The van der Waals surface area contributed by atoms with Gasteiger partial charge in [-0.15, -0.1) is 0 Å². The Morgan fingerprint density at radius 3 is 2.81 bits per heavy atom. The number of carbonyl (C=O) groups excluding carboxylic acids is 3. The number of esters is 1. The zero-order valence-corrected chi connectivity index (χ0v) is 13.7. The van der Waals surface area contributed by atoms with E-state index in [0.29, 0.717) is 22.6 Å². The highest BCUT2D eigenvalue weighted by Crippen LogP contribution is 2.26. The number of rotatable bonds is 4. The van der Waals surface area contributed by atoms with Crippen LogP contribution in [-0.4, -0.2) is 36.5 Å². The molecular weight excluding hydrogens is 338 g/mol. The molecular formula is C18H13N3O5. The van der Waals surface area contributed by atoms with Crippen molar-refractivity contribution < 1.29 is 23.5 Å². The van der Waals surface area contributed by atoms with E-state index in [0.717, 1.165) is 4.90 Å². The number of benzene rings is 1. The molecule has 2 heterocycles. The minimum Gasteiger partial charge on any atom is -0.468 e. The molecule has 0 radical (unpaired) electrons. The molecule has 0 aliphatic carbocycles. The highest BCUT2D eigenvalue weighted by Gasteiger charge is 2.35. The third-order valence-corrected chi connectivity index (χ3v) is 3.70. The van der Waals surface area contributed by atoms with Crippen LogP contribution >= 0.6 is 0 Å². The van der Waals surface area contributed by atoms with Crippen LogP contribution in [-0.2, 0) is 14.3 Å². The summed E-state index contributed by atoms with van der Waals surface area (Å²) in [5.74, 6) is -0.590.